The molecule has 1 aromatic heterocycles. The maximum atomic E-state index is 10.7. The van der Waals surface area contributed by atoms with Crippen LogP contribution >= 0.6 is 23.1 Å². The van der Waals surface area contributed by atoms with Gasteiger partial charge in [-0.05, 0) is 36.4 Å². The molecule has 1 aliphatic rings. The zero-order valence-corrected chi connectivity index (χ0v) is 11.6. The molecule has 0 radical (unpaired) electrons. The smallest absolute Gasteiger partial charge is 0.217 e. The average molecular weight is 270 g/mol. The molecular weight excluding hydrogens is 252 g/mol. The standard InChI is InChI=1S/C12H18N2OS2/c1-8-7-10(14-5-2-3-11(13)15)9-4-6-16-12(9)17-8/h4,6,8,10,14H,2-3,5,7H2,1H3,(H2,13,15)/t8-,10?/m0/s1. The molecule has 3 nitrogen and oxygen atoms in total. The van der Waals surface area contributed by atoms with E-state index < -0.39 is 0 Å². The number of fused-ring (bicyclic) bond motifs is 1. The molecule has 0 aliphatic carbocycles. The Bertz CT molecular complexity index is 392. The van der Waals surface area contributed by atoms with Crippen LogP contribution in [0.15, 0.2) is 15.7 Å². The van der Waals surface area contributed by atoms with Gasteiger partial charge in [0.2, 0.25) is 5.91 Å². The van der Waals surface area contributed by atoms with E-state index in [0.717, 1.165) is 19.4 Å². The molecule has 0 saturated heterocycles. The molecule has 1 aromatic rings. The molecule has 0 spiro atoms. The molecule has 1 amide bonds. The Hall–Kier alpha value is -0.520. The number of primary amides is 1. The van der Waals surface area contributed by atoms with Gasteiger partial charge in [-0.2, -0.15) is 0 Å². The van der Waals surface area contributed by atoms with E-state index in [1.807, 2.05) is 23.1 Å². The van der Waals surface area contributed by atoms with Crippen molar-refractivity contribution in [2.75, 3.05) is 6.54 Å². The fourth-order valence-corrected chi connectivity index (χ4v) is 4.65. The number of hydrogen-bond acceptors (Lipinski definition) is 4. The topological polar surface area (TPSA) is 55.1 Å². The summed E-state index contributed by atoms with van der Waals surface area (Å²) in [7, 11) is 0. The lowest BCUT2D eigenvalue weighted by molar-refractivity contribution is -0.118. The van der Waals surface area contributed by atoms with Gasteiger partial charge in [-0.1, -0.05) is 6.92 Å². The molecule has 0 fully saturated rings. The van der Waals surface area contributed by atoms with Gasteiger partial charge in [0.15, 0.2) is 0 Å². The van der Waals surface area contributed by atoms with Gasteiger partial charge in [0, 0.05) is 17.7 Å². The summed E-state index contributed by atoms with van der Waals surface area (Å²) in [5.41, 5.74) is 6.55. The third kappa shape index (κ3) is 3.47. The molecule has 3 N–H and O–H groups in total. The quantitative estimate of drug-likeness (QED) is 0.808. The molecule has 2 rings (SSSR count). The second-order valence-corrected chi connectivity index (χ2v) is 7.03. The van der Waals surface area contributed by atoms with Crippen molar-refractivity contribution in [2.45, 2.75) is 41.7 Å². The average Bonchev–Trinajstić information content (AvgIpc) is 2.71. The lowest BCUT2D eigenvalue weighted by Crippen LogP contribution is -2.27. The predicted molar refractivity (Wildman–Crippen MR) is 73.4 cm³/mol. The molecule has 5 heteroatoms. The summed E-state index contributed by atoms with van der Waals surface area (Å²) in [6.07, 6.45) is 2.46. The summed E-state index contributed by atoms with van der Waals surface area (Å²) in [5, 5.41) is 6.36. The van der Waals surface area contributed by atoms with Gasteiger partial charge in [0.1, 0.15) is 0 Å². The molecule has 2 heterocycles. The number of carbonyl (C=O) groups is 1. The molecule has 0 aromatic carbocycles. The first kappa shape index (κ1) is 12.9. The van der Waals surface area contributed by atoms with Crippen molar-refractivity contribution in [1.82, 2.24) is 5.32 Å². The van der Waals surface area contributed by atoms with Crippen molar-refractivity contribution in [3.05, 3.63) is 17.0 Å². The third-order valence-corrected chi connectivity index (χ3v) is 5.24. The Morgan fingerprint density at radius 3 is 3.24 bits per heavy atom. The minimum absolute atomic E-state index is 0.212. The Morgan fingerprint density at radius 2 is 2.47 bits per heavy atom. The first-order valence-corrected chi connectivity index (χ1v) is 7.68. The van der Waals surface area contributed by atoms with Crippen LogP contribution in [0.1, 0.15) is 37.8 Å². The van der Waals surface area contributed by atoms with Crippen LogP contribution in [-0.4, -0.2) is 17.7 Å². The van der Waals surface area contributed by atoms with Crippen LogP contribution in [0.2, 0.25) is 0 Å². The van der Waals surface area contributed by atoms with E-state index in [-0.39, 0.29) is 5.91 Å². The van der Waals surface area contributed by atoms with Crippen molar-refractivity contribution in [2.24, 2.45) is 5.73 Å². The fourth-order valence-electron chi connectivity index (χ4n) is 2.08. The van der Waals surface area contributed by atoms with Crippen LogP contribution in [0.25, 0.3) is 0 Å². The van der Waals surface area contributed by atoms with Gasteiger partial charge in [-0.15, -0.1) is 23.1 Å². The van der Waals surface area contributed by atoms with Crippen LogP contribution in [0.3, 0.4) is 0 Å². The predicted octanol–water partition coefficient (Wildman–Crippen LogP) is 2.53. The van der Waals surface area contributed by atoms with Crippen LogP contribution in [-0.2, 0) is 4.79 Å². The van der Waals surface area contributed by atoms with E-state index in [1.54, 1.807) is 0 Å². The summed E-state index contributed by atoms with van der Waals surface area (Å²) < 4.78 is 1.44. The normalized spacial score (nSPS) is 23.4. The number of thioether (sulfide) groups is 1. The summed E-state index contributed by atoms with van der Waals surface area (Å²) in [6.45, 7) is 3.13. The van der Waals surface area contributed by atoms with Gasteiger partial charge < -0.3 is 11.1 Å². The zero-order valence-electron chi connectivity index (χ0n) is 9.94. The minimum Gasteiger partial charge on any atom is -0.370 e. The number of hydrogen-bond donors (Lipinski definition) is 2. The van der Waals surface area contributed by atoms with Gasteiger partial charge >= 0.3 is 0 Å². The molecule has 1 aliphatic heterocycles. The molecule has 0 bridgehead atoms. The highest BCUT2D eigenvalue weighted by atomic mass is 32.2. The highest BCUT2D eigenvalue weighted by Crippen LogP contribution is 2.43. The number of rotatable bonds is 5. The van der Waals surface area contributed by atoms with E-state index in [0.29, 0.717) is 17.7 Å². The number of carbonyl (C=O) groups excluding carboxylic acids is 1. The van der Waals surface area contributed by atoms with E-state index in [4.69, 9.17) is 5.73 Å². The summed E-state index contributed by atoms with van der Waals surface area (Å²) in [5.74, 6) is -0.212. The van der Waals surface area contributed by atoms with Crippen LogP contribution < -0.4 is 11.1 Å². The maximum Gasteiger partial charge on any atom is 0.217 e. The minimum atomic E-state index is -0.212. The van der Waals surface area contributed by atoms with E-state index in [9.17, 15) is 4.79 Å². The Balaban J connectivity index is 1.87. The maximum absolute atomic E-state index is 10.7. The Kier molecular flexibility index (Phi) is 4.48. The number of nitrogens with one attached hydrogen (secondary N) is 1. The summed E-state index contributed by atoms with van der Waals surface area (Å²) >= 11 is 3.80. The number of amides is 1. The van der Waals surface area contributed by atoms with E-state index in [1.165, 1.54) is 9.77 Å². The van der Waals surface area contributed by atoms with Gasteiger partial charge in [-0.3, -0.25) is 4.79 Å². The number of thiophene rings is 1. The fraction of sp³-hybridized carbons (Fsp3) is 0.583. The first-order chi connectivity index (χ1) is 8.16. The van der Waals surface area contributed by atoms with Crippen LogP contribution in [0.5, 0.6) is 0 Å². The largest absolute Gasteiger partial charge is 0.370 e. The second kappa shape index (κ2) is 5.89. The molecule has 0 saturated carbocycles. The monoisotopic (exact) mass is 270 g/mol. The Morgan fingerprint density at radius 1 is 1.65 bits per heavy atom. The van der Waals surface area contributed by atoms with Gasteiger partial charge in [-0.25, -0.2) is 0 Å². The van der Waals surface area contributed by atoms with Crippen molar-refractivity contribution < 1.29 is 4.79 Å². The molecule has 17 heavy (non-hydrogen) atoms. The van der Waals surface area contributed by atoms with E-state index in [2.05, 4.69) is 23.7 Å². The van der Waals surface area contributed by atoms with Crippen molar-refractivity contribution in [3.8, 4) is 0 Å². The lowest BCUT2D eigenvalue weighted by atomic mass is 10.0. The first-order valence-electron chi connectivity index (χ1n) is 5.92. The molecular formula is C12H18N2OS2. The number of nitrogens with two attached hydrogens (primary N) is 1. The molecule has 1 unspecified atom stereocenters. The third-order valence-electron chi connectivity index (χ3n) is 2.90. The Labute approximate surface area is 110 Å². The van der Waals surface area contributed by atoms with Crippen LogP contribution in [0.4, 0.5) is 0 Å². The highest BCUT2D eigenvalue weighted by Gasteiger charge is 2.25. The van der Waals surface area contributed by atoms with Crippen molar-refractivity contribution in [1.29, 1.82) is 0 Å². The van der Waals surface area contributed by atoms with Crippen molar-refractivity contribution >= 4 is 29.0 Å². The SMILES string of the molecule is C[C@H]1CC(NCCCC(N)=O)c2ccsc2S1. The van der Waals surface area contributed by atoms with Gasteiger partial charge in [0.05, 0.1) is 4.21 Å². The lowest BCUT2D eigenvalue weighted by Gasteiger charge is -2.27. The zero-order chi connectivity index (χ0) is 12.3. The molecule has 2 atom stereocenters. The molecule has 94 valence electrons. The van der Waals surface area contributed by atoms with Crippen LogP contribution in [0, 0.1) is 0 Å². The highest BCUT2D eigenvalue weighted by molar-refractivity contribution is 8.01. The summed E-state index contributed by atoms with van der Waals surface area (Å²) in [6, 6.07) is 2.66. The van der Waals surface area contributed by atoms with E-state index >= 15 is 0 Å². The van der Waals surface area contributed by atoms with Gasteiger partial charge in [0.25, 0.3) is 0 Å². The summed E-state index contributed by atoms with van der Waals surface area (Å²) in [4.78, 5) is 10.7. The van der Waals surface area contributed by atoms with Crippen molar-refractivity contribution in [3.63, 3.8) is 0 Å². The second-order valence-electron chi connectivity index (χ2n) is 4.40.